The Hall–Kier alpha value is -3.06. The molecule has 1 fully saturated rings. The summed E-state index contributed by atoms with van der Waals surface area (Å²) >= 11 is 0. The zero-order valence-electron chi connectivity index (χ0n) is 15.8. The molecule has 0 aliphatic carbocycles. The molecule has 1 N–H and O–H groups in total. The van der Waals surface area contributed by atoms with Crippen molar-refractivity contribution in [2.45, 2.75) is 6.92 Å². The van der Waals surface area contributed by atoms with Gasteiger partial charge in [0.15, 0.2) is 5.82 Å². The lowest BCUT2D eigenvalue weighted by Crippen LogP contribution is -2.46. The lowest BCUT2D eigenvalue weighted by Gasteiger charge is -2.35. The van der Waals surface area contributed by atoms with E-state index in [9.17, 15) is 4.39 Å². The van der Waals surface area contributed by atoms with Crippen LogP contribution < -0.4 is 10.2 Å². The lowest BCUT2D eigenvalue weighted by atomic mass is 10.2. The van der Waals surface area contributed by atoms with E-state index in [1.807, 2.05) is 12.1 Å². The molecule has 0 amide bonds. The number of anilines is 3. The number of halogens is 1. The summed E-state index contributed by atoms with van der Waals surface area (Å²) in [7, 11) is 0. The maximum atomic E-state index is 13.1. The first kappa shape index (κ1) is 18.3. The number of benzene rings is 1. The van der Waals surface area contributed by atoms with Crippen LogP contribution in [-0.2, 0) is 0 Å². The molecule has 28 heavy (non-hydrogen) atoms. The second kappa shape index (κ2) is 8.31. The average Bonchev–Trinajstić information content (AvgIpc) is 2.75. The highest BCUT2D eigenvalue weighted by Crippen LogP contribution is 2.24. The molecule has 3 heterocycles. The van der Waals surface area contributed by atoms with Crippen LogP contribution in [0.5, 0.6) is 0 Å². The van der Waals surface area contributed by atoms with Gasteiger partial charge in [-0.3, -0.25) is 0 Å². The fourth-order valence-corrected chi connectivity index (χ4v) is 3.31. The number of nitrogens with one attached hydrogen (secondary N) is 1. The molecule has 0 spiro atoms. The maximum Gasteiger partial charge on any atom is 0.180 e. The molecule has 1 aliphatic rings. The van der Waals surface area contributed by atoms with Gasteiger partial charge in [0.25, 0.3) is 0 Å². The summed E-state index contributed by atoms with van der Waals surface area (Å²) in [6, 6.07) is 13.1. The fourth-order valence-electron chi connectivity index (χ4n) is 3.31. The van der Waals surface area contributed by atoms with Crippen LogP contribution in [0.15, 0.2) is 54.9 Å². The molecule has 0 unspecified atom stereocenters. The predicted octanol–water partition coefficient (Wildman–Crippen LogP) is 3.56. The van der Waals surface area contributed by atoms with Gasteiger partial charge >= 0.3 is 0 Å². The number of nitrogens with zero attached hydrogens (tertiary/aromatic N) is 5. The summed E-state index contributed by atoms with van der Waals surface area (Å²) in [5.74, 6) is 0.746. The Morgan fingerprint density at radius 1 is 1.04 bits per heavy atom. The van der Waals surface area contributed by atoms with E-state index < -0.39 is 0 Å². The number of rotatable bonds is 5. The minimum Gasteiger partial charge on any atom is -0.369 e. The van der Waals surface area contributed by atoms with Crippen molar-refractivity contribution >= 4 is 17.2 Å². The van der Waals surface area contributed by atoms with Gasteiger partial charge in [-0.15, -0.1) is 0 Å². The van der Waals surface area contributed by atoms with E-state index >= 15 is 0 Å². The number of aromatic nitrogens is 3. The van der Waals surface area contributed by atoms with Crippen LogP contribution in [0.2, 0.25) is 0 Å². The molecule has 1 aromatic carbocycles. The number of piperazine rings is 1. The molecule has 0 bridgehead atoms. The molecule has 6 nitrogen and oxygen atoms in total. The normalized spacial score (nSPS) is 14.9. The Balaban J connectivity index is 1.49. The summed E-state index contributed by atoms with van der Waals surface area (Å²) in [4.78, 5) is 17.7. The summed E-state index contributed by atoms with van der Waals surface area (Å²) in [5, 5.41) is 3.33. The minimum atomic E-state index is -0.380. The van der Waals surface area contributed by atoms with Gasteiger partial charge in [0.1, 0.15) is 17.3 Å². The van der Waals surface area contributed by atoms with Crippen LogP contribution in [0.1, 0.15) is 6.92 Å². The summed E-state index contributed by atoms with van der Waals surface area (Å²) < 4.78 is 13.1. The molecule has 4 rings (SSSR count). The Bertz CT molecular complexity index is 922. The topological polar surface area (TPSA) is 57.2 Å². The second-order valence-electron chi connectivity index (χ2n) is 6.72. The van der Waals surface area contributed by atoms with Gasteiger partial charge in [0, 0.05) is 43.8 Å². The molecular weight excluding hydrogens is 355 g/mol. The maximum absolute atomic E-state index is 13.1. The Kier molecular flexibility index (Phi) is 5.43. The van der Waals surface area contributed by atoms with Crippen molar-refractivity contribution < 1.29 is 4.39 Å². The van der Waals surface area contributed by atoms with Crippen LogP contribution >= 0.6 is 0 Å². The van der Waals surface area contributed by atoms with Gasteiger partial charge in [-0.2, -0.15) is 0 Å². The first-order valence-electron chi connectivity index (χ1n) is 9.50. The lowest BCUT2D eigenvalue weighted by molar-refractivity contribution is 0.271. The second-order valence-corrected chi connectivity index (χ2v) is 6.72. The van der Waals surface area contributed by atoms with Crippen LogP contribution in [0, 0.1) is 5.82 Å². The average molecular weight is 378 g/mol. The molecule has 1 saturated heterocycles. The SMILES string of the molecule is CCN1CCN(c2cccc(Nc3ccnc(-c4ccc(F)cn4)n3)c2)CC1. The van der Waals surface area contributed by atoms with Crippen LogP contribution in [-0.4, -0.2) is 52.6 Å². The van der Waals surface area contributed by atoms with E-state index in [1.165, 1.54) is 18.0 Å². The van der Waals surface area contributed by atoms with E-state index in [4.69, 9.17) is 0 Å². The highest BCUT2D eigenvalue weighted by Gasteiger charge is 2.16. The fraction of sp³-hybridized carbons (Fsp3) is 0.286. The third kappa shape index (κ3) is 4.26. The van der Waals surface area contributed by atoms with Gasteiger partial charge in [0.2, 0.25) is 0 Å². The van der Waals surface area contributed by atoms with Crippen molar-refractivity contribution in [3.63, 3.8) is 0 Å². The van der Waals surface area contributed by atoms with E-state index in [0.29, 0.717) is 17.3 Å². The molecule has 0 atom stereocenters. The molecular formula is C21H23FN6. The monoisotopic (exact) mass is 378 g/mol. The third-order valence-corrected chi connectivity index (χ3v) is 4.92. The van der Waals surface area contributed by atoms with Gasteiger partial charge < -0.3 is 15.1 Å². The molecule has 7 heteroatoms. The van der Waals surface area contributed by atoms with Gasteiger partial charge in [-0.1, -0.05) is 13.0 Å². The Morgan fingerprint density at radius 2 is 1.89 bits per heavy atom. The number of likely N-dealkylation sites (N-methyl/N-ethyl adjacent to an activating group) is 1. The summed E-state index contributed by atoms with van der Waals surface area (Å²) in [5.41, 5.74) is 2.70. The molecule has 3 aromatic rings. The smallest absolute Gasteiger partial charge is 0.180 e. The van der Waals surface area contributed by atoms with Gasteiger partial charge in [-0.25, -0.2) is 19.3 Å². The first-order chi connectivity index (χ1) is 13.7. The largest absolute Gasteiger partial charge is 0.369 e. The first-order valence-corrected chi connectivity index (χ1v) is 9.50. The van der Waals surface area contributed by atoms with Crippen LogP contribution in [0.25, 0.3) is 11.5 Å². The standard InChI is InChI=1S/C21H23FN6/c1-2-27-10-12-28(13-11-27)18-5-3-4-17(14-18)25-20-8-9-23-21(26-20)19-7-6-16(22)15-24-19/h3-9,14-15H,2,10-13H2,1H3,(H,23,25,26). The van der Waals surface area contributed by atoms with Crippen molar-refractivity contribution in [2.75, 3.05) is 42.9 Å². The Labute approximate surface area is 164 Å². The zero-order chi connectivity index (χ0) is 19.3. The molecule has 144 valence electrons. The van der Waals surface area contributed by atoms with Crippen LogP contribution in [0.3, 0.4) is 0 Å². The number of hydrogen-bond donors (Lipinski definition) is 1. The van der Waals surface area contributed by atoms with Crippen molar-refractivity contribution in [3.8, 4) is 11.5 Å². The highest BCUT2D eigenvalue weighted by molar-refractivity contribution is 5.64. The predicted molar refractivity (Wildman–Crippen MR) is 109 cm³/mol. The molecule has 0 saturated carbocycles. The Morgan fingerprint density at radius 3 is 2.64 bits per heavy atom. The summed E-state index contributed by atoms with van der Waals surface area (Å²) in [6.07, 6.45) is 2.84. The summed E-state index contributed by atoms with van der Waals surface area (Å²) in [6.45, 7) is 7.56. The highest BCUT2D eigenvalue weighted by atomic mass is 19.1. The van der Waals surface area contributed by atoms with E-state index in [2.05, 4.69) is 49.1 Å². The molecule has 0 radical (unpaired) electrons. The molecule has 1 aliphatic heterocycles. The molecule has 2 aromatic heterocycles. The minimum absolute atomic E-state index is 0.380. The van der Waals surface area contributed by atoms with E-state index in [1.54, 1.807) is 18.3 Å². The zero-order valence-corrected chi connectivity index (χ0v) is 15.8. The van der Waals surface area contributed by atoms with Crippen molar-refractivity contribution in [2.24, 2.45) is 0 Å². The van der Waals surface area contributed by atoms with Crippen molar-refractivity contribution in [1.82, 2.24) is 19.9 Å². The number of hydrogen-bond acceptors (Lipinski definition) is 6. The quantitative estimate of drug-likeness (QED) is 0.733. The van der Waals surface area contributed by atoms with Crippen molar-refractivity contribution in [1.29, 1.82) is 0 Å². The van der Waals surface area contributed by atoms with Crippen LogP contribution in [0.4, 0.5) is 21.6 Å². The van der Waals surface area contributed by atoms with E-state index in [0.717, 1.165) is 38.4 Å². The van der Waals surface area contributed by atoms with Crippen molar-refractivity contribution in [3.05, 3.63) is 60.7 Å². The number of pyridine rings is 1. The van der Waals surface area contributed by atoms with E-state index in [-0.39, 0.29) is 5.82 Å². The van der Waals surface area contributed by atoms with Gasteiger partial charge in [0.05, 0.1) is 6.20 Å². The third-order valence-electron chi connectivity index (χ3n) is 4.92. The van der Waals surface area contributed by atoms with Gasteiger partial charge in [-0.05, 0) is 42.9 Å².